The Labute approximate surface area is 126 Å². The highest BCUT2D eigenvalue weighted by Crippen LogP contribution is 2.44. The van der Waals surface area contributed by atoms with Gasteiger partial charge in [0.2, 0.25) is 0 Å². The van der Waals surface area contributed by atoms with E-state index in [2.05, 4.69) is 49.9 Å². The number of ether oxygens (including phenoxy) is 1. The fourth-order valence-electron chi connectivity index (χ4n) is 2.99. The summed E-state index contributed by atoms with van der Waals surface area (Å²) in [6, 6.07) is 16.6. The second kappa shape index (κ2) is 4.99. The third kappa shape index (κ3) is 2.56. The maximum Gasteiger partial charge on any atom is 0.145 e. The molecule has 3 rings (SSSR count). The first-order valence-electron chi connectivity index (χ1n) is 7.37. The lowest BCUT2D eigenvalue weighted by Crippen LogP contribution is -2.48. The number of hydrogen-bond donors (Lipinski definition) is 1. The van der Waals surface area contributed by atoms with Gasteiger partial charge in [-0.25, -0.2) is 0 Å². The number of rotatable bonds is 2. The molecular weight excluding hydrogens is 260 g/mol. The second-order valence-corrected chi connectivity index (χ2v) is 6.27. The van der Waals surface area contributed by atoms with Crippen LogP contribution in [0, 0.1) is 0 Å². The molecule has 21 heavy (non-hydrogen) atoms. The Morgan fingerprint density at radius 2 is 1.81 bits per heavy atom. The molecule has 1 unspecified atom stereocenters. The van der Waals surface area contributed by atoms with Crippen LogP contribution in [-0.4, -0.2) is 12.1 Å². The minimum absolute atomic E-state index is 0.232. The molecule has 0 amide bonds. The molecule has 110 valence electrons. The van der Waals surface area contributed by atoms with Crippen molar-refractivity contribution in [2.75, 3.05) is 17.2 Å². The van der Waals surface area contributed by atoms with E-state index in [4.69, 9.17) is 10.5 Å². The van der Waals surface area contributed by atoms with Crippen molar-refractivity contribution in [1.82, 2.24) is 0 Å². The highest BCUT2D eigenvalue weighted by Gasteiger charge is 2.35. The number of anilines is 2. The zero-order chi connectivity index (χ0) is 15.0. The van der Waals surface area contributed by atoms with E-state index < -0.39 is 0 Å². The van der Waals surface area contributed by atoms with E-state index in [1.807, 2.05) is 24.3 Å². The first-order chi connectivity index (χ1) is 9.98. The molecule has 0 radical (unpaired) electrons. The number of nitrogens with zero attached hydrogens (tertiary/aromatic N) is 1. The lowest BCUT2D eigenvalue weighted by atomic mass is 9.99. The van der Waals surface area contributed by atoms with Gasteiger partial charge in [-0.05, 0) is 38.5 Å². The van der Waals surface area contributed by atoms with E-state index in [1.54, 1.807) is 0 Å². The molecule has 0 saturated heterocycles. The SMILES string of the molecule is CC(c1ccccc1)N1CC(C)(C)Oc2cccc(N)c21. The van der Waals surface area contributed by atoms with E-state index in [0.29, 0.717) is 0 Å². The van der Waals surface area contributed by atoms with Gasteiger partial charge in [-0.3, -0.25) is 0 Å². The van der Waals surface area contributed by atoms with E-state index >= 15 is 0 Å². The Morgan fingerprint density at radius 1 is 1.10 bits per heavy atom. The number of hydrogen-bond acceptors (Lipinski definition) is 3. The Balaban J connectivity index is 2.06. The summed E-state index contributed by atoms with van der Waals surface area (Å²) in [5.41, 5.74) is 9.04. The van der Waals surface area contributed by atoms with Crippen LogP contribution >= 0.6 is 0 Å². The van der Waals surface area contributed by atoms with Crippen molar-refractivity contribution in [1.29, 1.82) is 0 Å². The summed E-state index contributed by atoms with van der Waals surface area (Å²) in [7, 11) is 0. The number of fused-ring (bicyclic) bond motifs is 1. The maximum absolute atomic E-state index is 6.21. The first-order valence-corrected chi connectivity index (χ1v) is 7.37. The quantitative estimate of drug-likeness (QED) is 0.846. The van der Waals surface area contributed by atoms with E-state index in [0.717, 1.165) is 23.7 Å². The molecule has 0 fully saturated rings. The van der Waals surface area contributed by atoms with Crippen molar-refractivity contribution in [3.8, 4) is 5.75 Å². The fraction of sp³-hybridized carbons (Fsp3) is 0.333. The molecule has 1 aliphatic rings. The zero-order valence-electron chi connectivity index (χ0n) is 12.8. The smallest absolute Gasteiger partial charge is 0.145 e. The second-order valence-electron chi connectivity index (χ2n) is 6.27. The van der Waals surface area contributed by atoms with Crippen LogP contribution in [0.2, 0.25) is 0 Å². The molecule has 0 spiro atoms. The van der Waals surface area contributed by atoms with Crippen LogP contribution in [0.3, 0.4) is 0 Å². The summed E-state index contributed by atoms with van der Waals surface area (Å²) < 4.78 is 6.09. The number of nitrogens with two attached hydrogens (primary N) is 1. The van der Waals surface area contributed by atoms with Gasteiger partial charge in [-0.1, -0.05) is 36.4 Å². The molecule has 0 saturated carbocycles. The average molecular weight is 282 g/mol. The summed E-state index contributed by atoms with van der Waals surface area (Å²) in [6.07, 6.45) is 0. The lowest BCUT2D eigenvalue weighted by molar-refractivity contribution is 0.102. The van der Waals surface area contributed by atoms with Crippen molar-refractivity contribution in [3.05, 3.63) is 54.1 Å². The fourth-order valence-corrected chi connectivity index (χ4v) is 2.99. The molecule has 0 aliphatic carbocycles. The van der Waals surface area contributed by atoms with Crippen molar-refractivity contribution < 1.29 is 4.74 Å². The van der Waals surface area contributed by atoms with Gasteiger partial charge in [0, 0.05) is 0 Å². The van der Waals surface area contributed by atoms with Crippen LogP contribution in [0.5, 0.6) is 5.75 Å². The summed E-state index contributed by atoms with van der Waals surface area (Å²) in [6.45, 7) is 7.25. The standard InChI is InChI=1S/C18H22N2O/c1-13(14-8-5-4-6-9-14)20-12-18(2,3)21-16-11-7-10-15(19)17(16)20/h4-11,13H,12,19H2,1-3H3. The predicted molar refractivity (Wildman–Crippen MR) is 87.8 cm³/mol. The Hall–Kier alpha value is -2.16. The summed E-state index contributed by atoms with van der Waals surface area (Å²) >= 11 is 0. The number of nitrogen functional groups attached to an aromatic ring is 1. The zero-order valence-corrected chi connectivity index (χ0v) is 12.8. The summed E-state index contributed by atoms with van der Waals surface area (Å²) in [4.78, 5) is 2.35. The summed E-state index contributed by atoms with van der Waals surface area (Å²) in [5.74, 6) is 0.869. The van der Waals surface area contributed by atoms with Gasteiger partial charge in [0.1, 0.15) is 17.0 Å². The topological polar surface area (TPSA) is 38.5 Å². The molecule has 0 aromatic heterocycles. The van der Waals surface area contributed by atoms with Crippen LogP contribution in [0.4, 0.5) is 11.4 Å². The highest BCUT2D eigenvalue weighted by atomic mass is 16.5. The Morgan fingerprint density at radius 3 is 2.52 bits per heavy atom. The van der Waals surface area contributed by atoms with E-state index in [1.165, 1.54) is 5.56 Å². The molecule has 2 N–H and O–H groups in total. The van der Waals surface area contributed by atoms with Crippen molar-refractivity contribution in [2.45, 2.75) is 32.4 Å². The third-order valence-electron chi connectivity index (χ3n) is 4.00. The van der Waals surface area contributed by atoms with E-state index in [-0.39, 0.29) is 11.6 Å². The number of para-hydroxylation sites is 1. The molecule has 1 atom stereocenters. The predicted octanol–water partition coefficient (Wildman–Crippen LogP) is 4.01. The van der Waals surface area contributed by atoms with Gasteiger partial charge in [-0.2, -0.15) is 0 Å². The highest BCUT2D eigenvalue weighted by molar-refractivity contribution is 5.76. The molecular formula is C18H22N2O. The van der Waals surface area contributed by atoms with Crippen LogP contribution < -0.4 is 15.4 Å². The largest absolute Gasteiger partial charge is 0.484 e. The monoisotopic (exact) mass is 282 g/mol. The third-order valence-corrected chi connectivity index (χ3v) is 4.00. The first kappa shape index (κ1) is 13.8. The Bertz CT molecular complexity index is 637. The van der Waals surface area contributed by atoms with Gasteiger partial charge in [-0.15, -0.1) is 0 Å². The van der Waals surface area contributed by atoms with Gasteiger partial charge in [0.15, 0.2) is 0 Å². The van der Waals surface area contributed by atoms with Gasteiger partial charge in [0.05, 0.1) is 18.3 Å². The lowest BCUT2D eigenvalue weighted by Gasteiger charge is -2.44. The van der Waals surface area contributed by atoms with Gasteiger partial charge in [0.25, 0.3) is 0 Å². The maximum atomic E-state index is 6.21. The molecule has 1 aliphatic heterocycles. The van der Waals surface area contributed by atoms with Crippen LogP contribution in [-0.2, 0) is 0 Å². The van der Waals surface area contributed by atoms with Crippen LogP contribution in [0.1, 0.15) is 32.4 Å². The molecule has 2 aromatic carbocycles. The van der Waals surface area contributed by atoms with Crippen molar-refractivity contribution in [3.63, 3.8) is 0 Å². The molecule has 2 aromatic rings. The van der Waals surface area contributed by atoms with Crippen molar-refractivity contribution in [2.24, 2.45) is 0 Å². The molecule has 1 heterocycles. The minimum atomic E-state index is -0.232. The summed E-state index contributed by atoms with van der Waals surface area (Å²) in [5, 5.41) is 0. The van der Waals surface area contributed by atoms with Crippen LogP contribution in [0.25, 0.3) is 0 Å². The van der Waals surface area contributed by atoms with E-state index in [9.17, 15) is 0 Å². The molecule has 0 bridgehead atoms. The van der Waals surface area contributed by atoms with Crippen LogP contribution in [0.15, 0.2) is 48.5 Å². The number of benzene rings is 2. The average Bonchev–Trinajstić information content (AvgIpc) is 2.45. The minimum Gasteiger partial charge on any atom is -0.484 e. The van der Waals surface area contributed by atoms with Gasteiger partial charge >= 0.3 is 0 Å². The molecule has 3 nitrogen and oxygen atoms in total. The normalized spacial score (nSPS) is 17.8. The molecule has 3 heteroatoms. The Kier molecular flexibility index (Phi) is 3.28. The van der Waals surface area contributed by atoms with Gasteiger partial charge < -0.3 is 15.4 Å². The van der Waals surface area contributed by atoms with Crippen molar-refractivity contribution >= 4 is 11.4 Å².